The van der Waals surface area contributed by atoms with Crippen LogP contribution in [0.3, 0.4) is 0 Å². The maximum Gasteiger partial charge on any atom is 0.417 e. The molecule has 0 aromatic carbocycles. The Balaban J connectivity index is 1.73. The average Bonchev–Trinajstić information content (AvgIpc) is 2.82. The molecule has 0 bridgehead atoms. The first-order valence-electron chi connectivity index (χ1n) is 10.2. The largest absolute Gasteiger partial charge is 0.417 e. The van der Waals surface area contributed by atoms with Crippen molar-refractivity contribution in [3.63, 3.8) is 0 Å². The molecule has 4 aromatic rings. The van der Waals surface area contributed by atoms with E-state index in [1.54, 1.807) is 19.1 Å². The Morgan fingerprint density at radius 3 is 2.57 bits per heavy atom. The number of carbonyl (C=O) groups is 1. The van der Waals surface area contributed by atoms with E-state index in [0.29, 0.717) is 21.7 Å². The lowest BCUT2D eigenvalue weighted by Gasteiger charge is -2.29. The molecule has 0 spiro atoms. The highest BCUT2D eigenvalue weighted by Gasteiger charge is 2.31. The lowest BCUT2D eigenvalue weighted by molar-refractivity contribution is -0.137. The molecular formula is C23H17BrF4N6O. The molecule has 0 saturated heterocycles. The molecule has 35 heavy (non-hydrogen) atoms. The monoisotopic (exact) mass is 548 g/mol. The SMILES string of the molecule is CC(c1ncccc1F)N(Cc1ccc(C(F)(F)F)cn1)C(=O)c1cnc2nc(N)c(Br)cc2c1. The number of fused-ring (bicyclic) bond motifs is 1. The quantitative estimate of drug-likeness (QED) is 0.339. The van der Waals surface area contributed by atoms with Crippen LogP contribution in [0.15, 0.2) is 59.5 Å². The van der Waals surface area contributed by atoms with E-state index in [4.69, 9.17) is 5.73 Å². The van der Waals surface area contributed by atoms with Gasteiger partial charge < -0.3 is 10.6 Å². The Morgan fingerprint density at radius 1 is 1.14 bits per heavy atom. The predicted molar refractivity (Wildman–Crippen MR) is 123 cm³/mol. The molecule has 4 rings (SSSR count). The van der Waals surface area contributed by atoms with Crippen molar-refractivity contribution in [2.24, 2.45) is 0 Å². The maximum absolute atomic E-state index is 14.5. The number of rotatable bonds is 5. The fourth-order valence-corrected chi connectivity index (χ4v) is 3.77. The standard InChI is InChI=1S/C23H17BrF4N6O/c1-12(19-18(25)3-2-6-30-19)34(11-16-5-4-15(10-31-16)23(26,27)28)22(35)14-7-13-8-17(24)20(29)33-21(13)32-9-14/h2-10,12H,11H2,1H3,(H2,29,32,33). The fourth-order valence-electron chi connectivity index (χ4n) is 3.43. The number of alkyl halides is 3. The molecule has 180 valence electrons. The average molecular weight is 549 g/mol. The summed E-state index contributed by atoms with van der Waals surface area (Å²) < 4.78 is 53.8. The Bertz CT molecular complexity index is 1400. The van der Waals surface area contributed by atoms with Crippen molar-refractivity contribution in [3.8, 4) is 0 Å². The molecule has 0 fully saturated rings. The Labute approximate surface area is 205 Å². The summed E-state index contributed by atoms with van der Waals surface area (Å²) >= 11 is 3.28. The molecule has 0 aliphatic heterocycles. The van der Waals surface area contributed by atoms with E-state index in [1.165, 1.54) is 35.5 Å². The van der Waals surface area contributed by atoms with E-state index in [-0.39, 0.29) is 29.3 Å². The first-order chi connectivity index (χ1) is 16.5. The first kappa shape index (κ1) is 24.5. The van der Waals surface area contributed by atoms with Crippen LogP contribution < -0.4 is 5.73 Å². The molecule has 1 atom stereocenters. The number of aromatic nitrogens is 4. The fraction of sp³-hybridized carbons (Fsp3) is 0.174. The third-order valence-corrected chi connectivity index (χ3v) is 5.93. The van der Waals surface area contributed by atoms with Crippen LogP contribution in [0.25, 0.3) is 11.0 Å². The number of hydrogen-bond donors (Lipinski definition) is 1. The zero-order valence-corrected chi connectivity index (χ0v) is 19.7. The van der Waals surface area contributed by atoms with E-state index in [2.05, 4.69) is 35.9 Å². The van der Waals surface area contributed by atoms with Gasteiger partial charge in [-0.3, -0.25) is 14.8 Å². The molecule has 7 nitrogen and oxygen atoms in total. The van der Waals surface area contributed by atoms with Gasteiger partial charge >= 0.3 is 6.18 Å². The second-order valence-electron chi connectivity index (χ2n) is 7.64. The topological polar surface area (TPSA) is 97.9 Å². The van der Waals surface area contributed by atoms with Crippen LogP contribution in [-0.4, -0.2) is 30.7 Å². The molecule has 0 aliphatic rings. The van der Waals surface area contributed by atoms with E-state index in [1.807, 2.05) is 0 Å². The molecule has 0 aliphatic carbocycles. The summed E-state index contributed by atoms with van der Waals surface area (Å²) in [7, 11) is 0. The van der Waals surface area contributed by atoms with Crippen molar-refractivity contribution >= 4 is 38.7 Å². The molecule has 12 heteroatoms. The predicted octanol–water partition coefficient (Wildman–Crippen LogP) is 5.33. The van der Waals surface area contributed by atoms with Gasteiger partial charge in [-0.25, -0.2) is 14.4 Å². The van der Waals surface area contributed by atoms with Crippen LogP contribution in [0, 0.1) is 5.82 Å². The summed E-state index contributed by atoms with van der Waals surface area (Å²) in [5.41, 5.74) is 5.52. The van der Waals surface area contributed by atoms with E-state index >= 15 is 0 Å². The molecule has 2 N–H and O–H groups in total. The van der Waals surface area contributed by atoms with Gasteiger partial charge in [0.15, 0.2) is 5.65 Å². The maximum atomic E-state index is 14.5. The van der Waals surface area contributed by atoms with Crippen molar-refractivity contribution in [1.29, 1.82) is 0 Å². The summed E-state index contributed by atoms with van der Waals surface area (Å²) in [6.45, 7) is 1.37. The number of hydrogen-bond acceptors (Lipinski definition) is 6. The van der Waals surface area contributed by atoms with E-state index < -0.39 is 29.5 Å². The van der Waals surface area contributed by atoms with Gasteiger partial charge in [0.2, 0.25) is 0 Å². The van der Waals surface area contributed by atoms with Gasteiger partial charge in [-0.1, -0.05) is 0 Å². The van der Waals surface area contributed by atoms with Crippen molar-refractivity contribution < 1.29 is 22.4 Å². The second-order valence-corrected chi connectivity index (χ2v) is 8.50. The van der Waals surface area contributed by atoms with Crippen LogP contribution in [0.5, 0.6) is 0 Å². The minimum absolute atomic E-state index is 0.00121. The smallest absolute Gasteiger partial charge is 0.383 e. The Morgan fingerprint density at radius 2 is 1.91 bits per heavy atom. The summed E-state index contributed by atoms with van der Waals surface area (Å²) in [6.07, 6.45) is -1.16. The van der Waals surface area contributed by atoms with Crippen molar-refractivity contribution in [3.05, 3.63) is 87.8 Å². The van der Waals surface area contributed by atoms with Crippen molar-refractivity contribution in [1.82, 2.24) is 24.8 Å². The van der Waals surface area contributed by atoms with Gasteiger partial charge in [-0.05, 0) is 59.3 Å². The number of pyridine rings is 4. The molecule has 0 saturated carbocycles. The normalized spacial score (nSPS) is 12.5. The minimum Gasteiger partial charge on any atom is -0.383 e. The van der Waals surface area contributed by atoms with Gasteiger partial charge in [-0.2, -0.15) is 13.2 Å². The van der Waals surface area contributed by atoms with E-state index in [0.717, 1.165) is 6.07 Å². The third-order valence-electron chi connectivity index (χ3n) is 5.29. The van der Waals surface area contributed by atoms with E-state index in [9.17, 15) is 22.4 Å². The molecule has 1 amide bonds. The van der Waals surface area contributed by atoms with Crippen molar-refractivity contribution in [2.45, 2.75) is 25.7 Å². The summed E-state index contributed by atoms with van der Waals surface area (Å²) in [6, 6.07) is 7.01. The third kappa shape index (κ3) is 5.21. The minimum atomic E-state index is -4.55. The Hall–Kier alpha value is -3.67. The first-order valence-corrected chi connectivity index (χ1v) is 11.0. The number of halogens is 5. The summed E-state index contributed by atoms with van der Waals surface area (Å²) in [4.78, 5) is 31.1. The lowest BCUT2D eigenvalue weighted by Crippen LogP contribution is -2.34. The number of nitrogen functional groups attached to an aromatic ring is 1. The van der Waals surface area contributed by atoms with Crippen molar-refractivity contribution in [2.75, 3.05) is 5.73 Å². The van der Waals surface area contributed by atoms with Crippen LogP contribution in [0.1, 0.15) is 40.3 Å². The Kier molecular flexibility index (Phi) is 6.66. The van der Waals surface area contributed by atoms with Crippen LogP contribution in [0.2, 0.25) is 0 Å². The second kappa shape index (κ2) is 9.53. The number of nitrogens with two attached hydrogens (primary N) is 1. The molecule has 4 heterocycles. The van der Waals surface area contributed by atoms with Gasteiger partial charge in [0.25, 0.3) is 5.91 Å². The highest BCUT2D eigenvalue weighted by Crippen LogP contribution is 2.30. The highest BCUT2D eigenvalue weighted by atomic mass is 79.9. The van der Waals surface area contributed by atoms with Crippen LogP contribution >= 0.6 is 15.9 Å². The molecule has 0 radical (unpaired) electrons. The van der Waals surface area contributed by atoms with Gasteiger partial charge in [0.1, 0.15) is 11.6 Å². The highest BCUT2D eigenvalue weighted by molar-refractivity contribution is 9.10. The zero-order chi connectivity index (χ0) is 25.3. The number of carbonyl (C=O) groups excluding carboxylic acids is 1. The number of anilines is 1. The molecule has 4 aromatic heterocycles. The lowest BCUT2D eigenvalue weighted by atomic mass is 10.1. The summed E-state index contributed by atoms with van der Waals surface area (Å²) in [5, 5.41) is 0.529. The van der Waals surface area contributed by atoms with Crippen LogP contribution in [-0.2, 0) is 12.7 Å². The van der Waals surface area contributed by atoms with Gasteiger partial charge in [-0.15, -0.1) is 0 Å². The molecular weight excluding hydrogens is 532 g/mol. The number of nitrogens with zero attached hydrogens (tertiary/aromatic N) is 5. The van der Waals surface area contributed by atoms with Crippen LogP contribution in [0.4, 0.5) is 23.4 Å². The van der Waals surface area contributed by atoms with Gasteiger partial charge in [0.05, 0.1) is 39.6 Å². The zero-order valence-electron chi connectivity index (χ0n) is 18.1. The number of amides is 1. The summed E-state index contributed by atoms with van der Waals surface area (Å²) in [5.74, 6) is -0.941. The van der Waals surface area contributed by atoms with Gasteiger partial charge in [0, 0.05) is 24.0 Å². The molecule has 1 unspecified atom stereocenters.